The van der Waals surface area contributed by atoms with Gasteiger partial charge in [0.1, 0.15) is 0 Å². The lowest BCUT2D eigenvalue weighted by atomic mass is 9.95. The van der Waals surface area contributed by atoms with Crippen molar-refractivity contribution >= 4 is 23.2 Å². The first-order valence-electron chi connectivity index (χ1n) is 12.1. The first-order valence-corrected chi connectivity index (χ1v) is 12.1. The number of hydrogen-bond donors (Lipinski definition) is 2. The van der Waals surface area contributed by atoms with E-state index in [2.05, 4.69) is 22.1 Å². The van der Waals surface area contributed by atoms with Crippen molar-refractivity contribution in [2.45, 2.75) is 52.0 Å². The molecule has 7 nitrogen and oxygen atoms in total. The molecule has 0 radical (unpaired) electrons. The van der Waals surface area contributed by atoms with Crippen molar-refractivity contribution in [1.82, 2.24) is 4.57 Å². The lowest BCUT2D eigenvalue weighted by Gasteiger charge is -2.26. The van der Waals surface area contributed by atoms with Gasteiger partial charge in [-0.2, -0.15) is 0 Å². The van der Waals surface area contributed by atoms with Gasteiger partial charge in [-0.3, -0.25) is 9.59 Å². The Bertz CT molecular complexity index is 1190. The van der Waals surface area contributed by atoms with Crippen LogP contribution in [-0.2, 0) is 4.79 Å². The number of methoxy groups -OCH3 is 1. The van der Waals surface area contributed by atoms with E-state index in [1.807, 2.05) is 25.1 Å². The summed E-state index contributed by atoms with van der Waals surface area (Å²) in [6.45, 7) is 3.93. The summed E-state index contributed by atoms with van der Waals surface area (Å²) in [7, 11) is 1.55. The molecule has 2 aromatic carbocycles. The molecular formula is C28H33N3O4. The number of rotatable bonds is 8. The fourth-order valence-corrected chi connectivity index (χ4v) is 4.86. The number of carbonyl (C=O) groups is 2. The minimum absolute atomic E-state index is 0.150. The number of aryl methyl sites for hydroxylation is 1. The van der Waals surface area contributed by atoms with Gasteiger partial charge in [0.05, 0.1) is 12.7 Å². The van der Waals surface area contributed by atoms with Crippen molar-refractivity contribution in [1.29, 1.82) is 0 Å². The van der Waals surface area contributed by atoms with Crippen LogP contribution < -0.4 is 20.1 Å². The molecule has 3 aromatic rings. The van der Waals surface area contributed by atoms with Gasteiger partial charge >= 0.3 is 0 Å². The van der Waals surface area contributed by atoms with E-state index in [0.29, 0.717) is 34.5 Å². The minimum Gasteiger partial charge on any atom is -0.493 e. The van der Waals surface area contributed by atoms with Gasteiger partial charge in [0.15, 0.2) is 18.1 Å². The fourth-order valence-electron chi connectivity index (χ4n) is 4.86. The molecule has 184 valence electrons. The predicted molar refractivity (Wildman–Crippen MR) is 138 cm³/mol. The van der Waals surface area contributed by atoms with Crippen molar-refractivity contribution in [3.63, 3.8) is 0 Å². The topological polar surface area (TPSA) is 81.6 Å². The lowest BCUT2D eigenvalue weighted by Crippen LogP contribution is -2.20. The molecule has 2 N–H and O–H groups in total. The Morgan fingerprint density at radius 1 is 0.914 bits per heavy atom. The second-order valence-corrected chi connectivity index (χ2v) is 8.97. The zero-order chi connectivity index (χ0) is 24.8. The maximum Gasteiger partial charge on any atom is 0.262 e. The van der Waals surface area contributed by atoms with Crippen molar-refractivity contribution in [3.05, 3.63) is 71.5 Å². The van der Waals surface area contributed by atoms with Crippen LogP contribution in [0.4, 0.5) is 11.4 Å². The van der Waals surface area contributed by atoms with Crippen molar-refractivity contribution in [3.8, 4) is 11.5 Å². The van der Waals surface area contributed by atoms with E-state index in [4.69, 9.17) is 9.47 Å². The van der Waals surface area contributed by atoms with Crippen LogP contribution in [0.5, 0.6) is 11.5 Å². The van der Waals surface area contributed by atoms with E-state index >= 15 is 0 Å². The highest BCUT2D eigenvalue weighted by Gasteiger charge is 2.22. The second-order valence-electron chi connectivity index (χ2n) is 8.97. The first-order chi connectivity index (χ1) is 17.0. The van der Waals surface area contributed by atoms with Gasteiger partial charge in [0.2, 0.25) is 0 Å². The van der Waals surface area contributed by atoms with Crippen LogP contribution in [0.25, 0.3) is 0 Å². The van der Waals surface area contributed by atoms with Gasteiger partial charge in [0.25, 0.3) is 11.8 Å². The van der Waals surface area contributed by atoms with Crippen LogP contribution in [0.1, 0.15) is 59.9 Å². The molecule has 2 amide bonds. The molecule has 35 heavy (non-hydrogen) atoms. The largest absolute Gasteiger partial charge is 0.493 e. The van der Waals surface area contributed by atoms with Gasteiger partial charge in [-0.15, -0.1) is 0 Å². The van der Waals surface area contributed by atoms with E-state index in [1.54, 1.807) is 43.5 Å². The molecule has 0 bridgehead atoms. The highest BCUT2D eigenvalue weighted by Crippen LogP contribution is 2.32. The Hall–Kier alpha value is -3.74. The quantitative estimate of drug-likeness (QED) is 0.426. The maximum absolute atomic E-state index is 13.1. The molecular weight excluding hydrogens is 442 g/mol. The molecule has 0 saturated heterocycles. The summed E-state index contributed by atoms with van der Waals surface area (Å²) in [6.07, 6.45) is 6.11. The van der Waals surface area contributed by atoms with Gasteiger partial charge in [-0.05, 0) is 63.1 Å². The number of ether oxygens (including phenoxy) is 2. The van der Waals surface area contributed by atoms with E-state index in [0.717, 1.165) is 11.4 Å². The predicted octanol–water partition coefficient (Wildman–Crippen LogP) is 5.89. The van der Waals surface area contributed by atoms with E-state index in [9.17, 15) is 9.59 Å². The fraction of sp³-hybridized carbons (Fsp3) is 0.357. The number of benzene rings is 2. The molecule has 0 unspecified atom stereocenters. The van der Waals surface area contributed by atoms with Crippen LogP contribution >= 0.6 is 0 Å². The molecule has 1 aliphatic rings. The van der Waals surface area contributed by atoms with Crippen molar-refractivity contribution < 1.29 is 19.1 Å². The second kappa shape index (κ2) is 11.1. The Kier molecular flexibility index (Phi) is 7.75. The van der Waals surface area contributed by atoms with E-state index < -0.39 is 0 Å². The number of anilines is 2. The van der Waals surface area contributed by atoms with Crippen LogP contribution in [0.3, 0.4) is 0 Å². The summed E-state index contributed by atoms with van der Waals surface area (Å²) in [6, 6.07) is 16.7. The highest BCUT2D eigenvalue weighted by molar-refractivity contribution is 6.05. The number of aromatic nitrogens is 1. The van der Waals surface area contributed by atoms with Crippen LogP contribution in [0, 0.1) is 13.8 Å². The molecule has 1 aromatic heterocycles. The number of hydrogen-bond acceptors (Lipinski definition) is 4. The molecule has 1 fully saturated rings. The molecule has 4 rings (SSSR count). The summed E-state index contributed by atoms with van der Waals surface area (Å²) in [4.78, 5) is 25.5. The Morgan fingerprint density at radius 3 is 2.31 bits per heavy atom. The number of carbonyl (C=O) groups excluding carboxylic acids is 2. The number of nitrogens with one attached hydrogen (secondary N) is 2. The van der Waals surface area contributed by atoms with E-state index in [-0.39, 0.29) is 18.4 Å². The summed E-state index contributed by atoms with van der Waals surface area (Å²) < 4.78 is 13.1. The molecule has 0 aliphatic heterocycles. The first kappa shape index (κ1) is 24.4. The molecule has 7 heteroatoms. The van der Waals surface area contributed by atoms with Gasteiger partial charge < -0.3 is 24.7 Å². The third-order valence-electron chi connectivity index (χ3n) is 6.50. The average molecular weight is 476 g/mol. The van der Waals surface area contributed by atoms with E-state index in [1.165, 1.54) is 32.1 Å². The third-order valence-corrected chi connectivity index (χ3v) is 6.50. The molecule has 1 aliphatic carbocycles. The Morgan fingerprint density at radius 2 is 1.60 bits per heavy atom. The normalized spacial score (nSPS) is 13.8. The monoisotopic (exact) mass is 475 g/mol. The zero-order valence-corrected chi connectivity index (χ0v) is 20.6. The maximum atomic E-state index is 13.1. The Labute approximate surface area is 206 Å². The van der Waals surface area contributed by atoms with Gasteiger partial charge in [-0.1, -0.05) is 37.5 Å². The smallest absolute Gasteiger partial charge is 0.262 e. The standard InChI is InChI=1S/C28H33N3O4/c1-19-16-24(20(2)31(19)23-12-5-4-6-13-23)28(33)30-22-11-9-10-21(17-22)29-27(32)18-35-26-15-8-7-14-25(26)34-3/h7-11,14-17,23H,4-6,12-13,18H2,1-3H3,(H,29,32)(H,30,33). The van der Waals surface area contributed by atoms with Crippen LogP contribution in [-0.4, -0.2) is 30.1 Å². The number of para-hydroxylation sites is 2. The Balaban J connectivity index is 1.38. The zero-order valence-electron chi connectivity index (χ0n) is 20.6. The molecule has 0 spiro atoms. The third kappa shape index (κ3) is 5.85. The lowest BCUT2D eigenvalue weighted by molar-refractivity contribution is -0.118. The number of amides is 2. The van der Waals surface area contributed by atoms with Crippen molar-refractivity contribution in [2.75, 3.05) is 24.4 Å². The van der Waals surface area contributed by atoms with Crippen molar-refractivity contribution in [2.24, 2.45) is 0 Å². The molecule has 1 saturated carbocycles. The molecule has 0 atom stereocenters. The minimum atomic E-state index is -0.310. The molecule has 1 heterocycles. The van der Waals surface area contributed by atoms with Gasteiger partial charge in [-0.25, -0.2) is 0 Å². The van der Waals surface area contributed by atoms with Crippen LogP contribution in [0.2, 0.25) is 0 Å². The summed E-state index contributed by atoms with van der Waals surface area (Å²) in [5.74, 6) is 0.600. The average Bonchev–Trinajstić information content (AvgIpc) is 3.17. The van der Waals surface area contributed by atoms with Gasteiger partial charge in [0, 0.05) is 28.8 Å². The summed E-state index contributed by atoms with van der Waals surface area (Å²) >= 11 is 0. The summed E-state index contributed by atoms with van der Waals surface area (Å²) in [5.41, 5.74) is 4.00. The highest BCUT2D eigenvalue weighted by atomic mass is 16.5. The number of nitrogens with zero attached hydrogens (tertiary/aromatic N) is 1. The summed E-state index contributed by atoms with van der Waals surface area (Å²) in [5, 5.41) is 5.79. The van der Waals surface area contributed by atoms with Crippen LogP contribution in [0.15, 0.2) is 54.6 Å². The SMILES string of the molecule is COc1ccccc1OCC(=O)Nc1cccc(NC(=O)c2cc(C)n(C3CCCCC3)c2C)c1.